The van der Waals surface area contributed by atoms with Gasteiger partial charge in [0.2, 0.25) is 0 Å². The summed E-state index contributed by atoms with van der Waals surface area (Å²) in [5.41, 5.74) is 7.12. The molecule has 0 spiro atoms. The Labute approximate surface area is 234 Å². The quantitative estimate of drug-likeness (QED) is 0.273. The fourth-order valence-corrected chi connectivity index (χ4v) is 6.24. The molecule has 200 valence electrons. The summed E-state index contributed by atoms with van der Waals surface area (Å²) < 4.78 is 0. The van der Waals surface area contributed by atoms with Gasteiger partial charge in [0, 0.05) is 74.2 Å². The van der Waals surface area contributed by atoms with E-state index in [9.17, 15) is 4.79 Å². The van der Waals surface area contributed by atoms with Crippen LogP contribution in [-0.2, 0) is 6.54 Å². The second kappa shape index (κ2) is 10.7. The molecule has 2 saturated heterocycles. The molecule has 6 nitrogen and oxygen atoms in total. The van der Waals surface area contributed by atoms with Crippen LogP contribution in [0.3, 0.4) is 0 Å². The number of hydrogen-bond acceptors (Lipinski definition) is 5. The maximum Gasteiger partial charge on any atom is 0.257 e. The van der Waals surface area contributed by atoms with Crippen molar-refractivity contribution in [3.8, 4) is 22.4 Å². The van der Waals surface area contributed by atoms with Crippen LogP contribution in [0.5, 0.6) is 0 Å². The highest BCUT2D eigenvalue weighted by Crippen LogP contribution is 2.36. The molecule has 0 saturated carbocycles. The van der Waals surface area contributed by atoms with Gasteiger partial charge in [-0.15, -0.1) is 0 Å². The fraction of sp³-hybridized carbons (Fsp3) is 0.235. The lowest BCUT2D eigenvalue weighted by molar-refractivity contribution is 0.325. The molecular weight excluding hydrogens is 494 g/mol. The van der Waals surface area contributed by atoms with Gasteiger partial charge in [-0.25, -0.2) is 4.98 Å². The first-order valence-electron chi connectivity index (χ1n) is 14.1. The maximum absolute atomic E-state index is 12.5. The molecule has 6 heteroatoms. The van der Waals surface area contributed by atoms with E-state index in [1.165, 1.54) is 24.3 Å². The summed E-state index contributed by atoms with van der Waals surface area (Å²) in [6.07, 6.45) is 1.66. The highest BCUT2D eigenvalue weighted by molar-refractivity contribution is 5.91. The largest absolute Gasteiger partial charge is 0.366 e. The van der Waals surface area contributed by atoms with Crippen molar-refractivity contribution in [3.05, 3.63) is 119 Å². The lowest BCUT2D eigenvalue weighted by atomic mass is 9.91. The van der Waals surface area contributed by atoms with Gasteiger partial charge >= 0.3 is 0 Å². The van der Waals surface area contributed by atoms with Crippen molar-refractivity contribution in [2.75, 3.05) is 37.6 Å². The smallest absolute Gasteiger partial charge is 0.257 e. The summed E-state index contributed by atoms with van der Waals surface area (Å²) >= 11 is 0. The molecule has 4 heterocycles. The second-order valence-corrected chi connectivity index (χ2v) is 10.9. The van der Waals surface area contributed by atoms with Gasteiger partial charge in [0.15, 0.2) is 0 Å². The van der Waals surface area contributed by atoms with E-state index < -0.39 is 0 Å². The normalized spacial score (nSPS) is 18.6. The van der Waals surface area contributed by atoms with Gasteiger partial charge < -0.3 is 15.2 Å². The molecule has 2 aromatic heterocycles. The van der Waals surface area contributed by atoms with E-state index in [0.29, 0.717) is 16.9 Å². The van der Waals surface area contributed by atoms with Crippen LogP contribution in [0.4, 0.5) is 5.69 Å². The molecule has 0 bridgehead atoms. The number of hydrogen-bond donors (Lipinski definition) is 2. The molecule has 40 heavy (non-hydrogen) atoms. The van der Waals surface area contributed by atoms with Crippen LogP contribution < -0.4 is 15.8 Å². The van der Waals surface area contributed by atoms with E-state index in [1.807, 2.05) is 30.3 Å². The number of H-pyrrole nitrogens is 1. The van der Waals surface area contributed by atoms with Crippen molar-refractivity contribution < 1.29 is 0 Å². The summed E-state index contributed by atoms with van der Waals surface area (Å²) in [5, 5.41) is 4.24. The number of pyridine rings is 2. The van der Waals surface area contributed by atoms with E-state index in [0.717, 1.165) is 54.5 Å². The Kier molecular flexibility index (Phi) is 6.63. The van der Waals surface area contributed by atoms with E-state index in [4.69, 9.17) is 4.98 Å². The van der Waals surface area contributed by atoms with Crippen LogP contribution in [0.2, 0.25) is 0 Å². The Morgan fingerprint density at radius 2 is 1.62 bits per heavy atom. The van der Waals surface area contributed by atoms with Gasteiger partial charge in [0.05, 0.1) is 16.6 Å². The zero-order valence-corrected chi connectivity index (χ0v) is 22.5. The number of benzene rings is 3. The predicted octanol–water partition coefficient (Wildman–Crippen LogP) is 5.17. The van der Waals surface area contributed by atoms with Crippen LogP contribution in [0.25, 0.3) is 33.3 Å². The molecule has 2 aliphatic heterocycles. The van der Waals surface area contributed by atoms with Crippen molar-refractivity contribution in [2.24, 2.45) is 5.92 Å². The Morgan fingerprint density at radius 3 is 2.42 bits per heavy atom. The topological polar surface area (TPSA) is 64.3 Å². The van der Waals surface area contributed by atoms with Gasteiger partial charge in [0.25, 0.3) is 5.56 Å². The van der Waals surface area contributed by atoms with Crippen molar-refractivity contribution in [1.82, 2.24) is 20.2 Å². The van der Waals surface area contributed by atoms with Crippen molar-refractivity contribution in [1.29, 1.82) is 0 Å². The third-order valence-corrected chi connectivity index (χ3v) is 8.40. The number of anilines is 1. The van der Waals surface area contributed by atoms with Gasteiger partial charge in [0.1, 0.15) is 0 Å². The molecule has 2 atom stereocenters. The van der Waals surface area contributed by atoms with Crippen LogP contribution in [0, 0.1) is 5.92 Å². The standard InChI is InChI=1S/C34H33N5O/c40-34-30-19-29(25-7-3-1-4-8-25)33(37-31(30)15-16-36-34)26-13-11-24(12-14-26)20-35-17-18-38-21-27-22-39(32(27)23-38)28-9-5-2-6-10-28/h1-16,19,27,32,35H,17-18,20-23H2,(H,36,40). The first-order chi connectivity index (χ1) is 19.7. The first kappa shape index (κ1) is 24.8. The van der Waals surface area contributed by atoms with Crippen LogP contribution in [0.15, 0.2) is 108 Å². The van der Waals surface area contributed by atoms with Gasteiger partial charge in [-0.2, -0.15) is 0 Å². The minimum Gasteiger partial charge on any atom is -0.366 e. The van der Waals surface area contributed by atoms with Gasteiger partial charge in [-0.1, -0.05) is 72.8 Å². The number of nitrogens with zero attached hydrogens (tertiary/aromatic N) is 3. The molecule has 0 amide bonds. The molecule has 3 aromatic carbocycles. The summed E-state index contributed by atoms with van der Waals surface area (Å²) in [6, 6.07) is 34.1. The van der Waals surface area contributed by atoms with E-state index >= 15 is 0 Å². The fourth-order valence-electron chi connectivity index (χ4n) is 6.24. The highest BCUT2D eigenvalue weighted by atomic mass is 16.1. The summed E-state index contributed by atoms with van der Waals surface area (Å²) in [4.78, 5) is 25.3. The summed E-state index contributed by atoms with van der Waals surface area (Å²) in [7, 11) is 0. The number of nitrogens with one attached hydrogen (secondary N) is 2. The van der Waals surface area contributed by atoms with Gasteiger partial charge in [-0.3, -0.25) is 9.69 Å². The maximum atomic E-state index is 12.5. The average Bonchev–Trinajstić information content (AvgIpc) is 3.31. The van der Waals surface area contributed by atoms with Gasteiger partial charge in [-0.05, 0) is 35.4 Å². The monoisotopic (exact) mass is 527 g/mol. The number of rotatable bonds is 8. The third kappa shape index (κ3) is 4.81. The Hall–Kier alpha value is -4.26. The summed E-state index contributed by atoms with van der Waals surface area (Å²) in [5.74, 6) is 0.801. The molecule has 0 radical (unpaired) electrons. The molecule has 2 unspecified atom stereocenters. The SMILES string of the molecule is O=c1[nH]ccc2nc(-c3ccc(CNCCN4CC5CN(c6ccccc6)C5C4)cc3)c(-c3ccccc3)cc12. The van der Waals surface area contributed by atoms with Crippen molar-refractivity contribution in [2.45, 2.75) is 12.6 Å². The Balaban J connectivity index is 0.992. The van der Waals surface area contributed by atoms with Crippen molar-refractivity contribution in [3.63, 3.8) is 0 Å². The first-order valence-corrected chi connectivity index (χ1v) is 14.1. The molecular formula is C34H33N5O. The molecule has 0 aliphatic carbocycles. The molecule has 7 rings (SSSR count). The number of aromatic nitrogens is 2. The molecule has 2 fully saturated rings. The predicted molar refractivity (Wildman–Crippen MR) is 162 cm³/mol. The zero-order valence-electron chi connectivity index (χ0n) is 22.5. The molecule has 2 N–H and O–H groups in total. The van der Waals surface area contributed by atoms with Crippen LogP contribution >= 0.6 is 0 Å². The van der Waals surface area contributed by atoms with Crippen molar-refractivity contribution >= 4 is 16.6 Å². The number of para-hydroxylation sites is 1. The number of fused-ring (bicyclic) bond motifs is 2. The third-order valence-electron chi connectivity index (χ3n) is 8.40. The van der Waals surface area contributed by atoms with E-state index in [-0.39, 0.29) is 5.56 Å². The average molecular weight is 528 g/mol. The van der Waals surface area contributed by atoms with Crippen LogP contribution in [-0.4, -0.2) is 53.6 Å². The molecule has 5 aromatic rings. The lowest BCUT2D eigenvalue weighted by Gasteiger charge is -2.45. The highest BCUT2D eigenvalue weighted by Gasteiger charge is 2.45. The minimum atomic E-state index is -0.120. The van der Waals surface area contributed by atoms with E-state index in [2.05, 4.69) is 86.8 Å². The minimum absolute atomic E-state index is 0.120. The lowest BCUT2D eigenvalue weighted by Crippen LogP contribution is -2.55. The zero-order chi connectivity index (χ0) is 26.9. The molecule has 2 aliphatic rings. The number of aromatic amines is 1. The second-order valence-electron chi connectivity index (χ2n) is 10.9. The Bertz CT molecular complexity index is 1670. The summed E-state index contributed by atoms with van der Waals surface area (Å²) in [6.45, 7) is 6.44. The van der Waals surface area contributed by atoms with Crippen LogP contribution in [0.1, 0.15) is 5.56 Å². The Morgan fingerprint density at radius 1 is 0.850 bits per heavy atom. The van der Waals surface area contributed by atoms with E-state index in [1.54, 1.807) is 6.20 Å². The number of likely N-dealkylation sites (tertiary alicyclic amines) is 1.